The van der Waals surface area contributed by atoms with E-state index in [1.807, 2.05) is 0 Å². The molecule has 0 atom stereocenters. The van der Waals surface area contributed by atoms with Crippen molar-refractivity contribution in [3.63, 3.8) is 0 Å². The average molecular weight is 179 g/mol. The van der Waals surface area contributed by atoms with Gasteiger partial charge in [0.1, 0.15) is 0 Å². The lowest BCUT2D eigenvalue weighted by Crippen LogP contribution is -2.02. The van der Waals surface area contributed by atoms with Crippen LogP contribution in [0, 0.1) is 0 Å². The first-order valence-corrected chi connectivity index (χ1v) is 3.92. The molecule has 2 aromatic heterocycles. The van der Waals surface area contributed by atoms with E-state index in [1.165, 1.54) is 0 Å². The molecular weight excluding hydrogens is 170 g/mol. The molecule has 0 bridgehead atoms. The third-order valence-electron chi connectivity index (χ3n) is 1.58. The Bertz CT molecular complexity index is 366. The Morgan fingerprint density at radius 1 is 1.54 bits per heavy atom. The molecule has 0 fully saturated rings. The van der Waals surface area contributed by atoms with E-state index < -0.39 is 0 Å². The topological polar surface area (TPSA) is 93.6 Å². The van der Waals surface area contributed by atoms with Gasteiger partial charge >= 0.3 is 0 Å². The van der Waals surface area contributed by atoms with Crippen LogP contribution in [0.5, 0.6) is 0 Å². The highest BCUT2D eigenvalue weighted by Gasteiger charge is 2.07. The highest BCUT2D eigenvalue weighted by atomic mass is 16.5. The number of hydrogen-bond donors (Lipinski definition) is 2. The van der Waals surface area contributed by atoms with Gasteiger partial charge < -0.3 is 10.3 Å². The number of aromatic nitrogens is 4. The zero-order valence-electron chi connectivity index (χ0n) is 6.90. The van der Waals surface area contributed by atoms with E-state index in [-0.39, 0.29) is 0 Å². The lowest BCUT2D eigenvalue weighted by Gasteiger charge is -1.84. The molecule has 0 aromatic carbocycles. The molecule has 0 saturated carbocycles. The molecular formula is C7H9N5O. The van der Waals surface area contributed by atoms with Crippen LogP contribution >= 0.6 is 0 Å². The summed E-state index contributed by atoms with van der Waals surface area (Å²) in [4.78, 5) is 4.12. The van der Waals surface area contributed by atoms with Gasteiger partial charge in [0.15, 0.2) is 0 Å². The average Bonchev–Trinajstić information content (AvgIpc) is 2.70. The Morgan fingerprint density at radius 3 is 3.15 bits per heavy atom. The van der Waals surface area contributed by atoms with Crippen LogP contribution in [0.2, 0.25) is 0 Å². The lowest BCUT2D eigenvalue weighted by molar-refractivity contribution is 0.380. The maximum absolute atomic E-state index is 5.34. The fourth-order valence-corrected chi connectivity index (χ4v) is 0.970. The molecule has 0 aliphatic rings. The minimum atomic E-state index is 0.507. The van der Waals surface area contributed by atoms with Crippen molar-refractivity contribution in [3.8, 4) is 11.4 Å². The summed E-state index contributed by atoms with van der Waals surface area (Å²) >= 11 is 0. The highest BCUT2D eigenvalue weighted by Crippen LogP contribution is 2.12. The SMILES string of the molecule is NCCc1nc(-c2cn[nH]c2)no1. The molecule has 0 aliphatic heterocycles. The Labute approximate surface area is 74.1 Å². The molecule has 2 rings (SSSR count). The third-order valence-corrected chi connectivity index (χ3v) is 1.58. The highest BCUT2D eigenvalue weighted by molar-refractivity contribution is 5.50. The van der Waals surface area contributed by atoms with Crippen molar-refractivity contribution >= 4 is 0 Å². The second kappa shape index (κ2) is 3.36. The fourth-order valence-electron chi connectivity index (χ4n) is 0.970. The number of nitrogens with one attached hydrogen (secondary N) is 1. The van der Waals surface area contributed by atoms with E-state index >= 15 is 0 Å². The fraction of sp³-hybridized carbons (Fsp3) is 0.286. The summed E-state index contributed by atoms with van der Waals surface area (Å²) in [6, 6.07) is 0. The van der Waals surface area contributed by atoms with Crippen molar-refractivity contribution in [1.82, 2.24) is 20.3 Å². The zero-order valence-corrected chi connectivity index (χ0v) is 6.90. The van der Waals surface area contributed by atoms with Gasteiger partial charge in [-0.1, -0.05) is 5.16 Å². The van der Waals surface area contributed by atoms with Gasteiger partial charge in [-0.25, -0.2) is 0 Å². The Balaban J connectivity index is 2.23. The van der Waals surface area contributed by atoms with Gasteiger partial charge in [0.05, 0.1) is 11.8 Å². The normalized spacial score (nSPS) is 10.5. The van der Waals surface area contributed by atoms with Crippen LogP contribution in [0.1, 0.15) is 5.89 Å². The van der Waals surface area contributed by atoms with E-state index in [2.05, 4.69) is 20.3 Å². The molecule has 6 heteroatoms. The maximum Gasteiger partial charge on any atom is 0.228 e. The van der Waals surface area contributed by atoms with Crippen LogP contribution in [0.4, 0.5) is 0 Å². The quantitative estimate of drug-likeness (QED) is 0.689. The van der Waals surface area contributed by atoms with E-state index in [1.54, 1.807) is 12.4 Å². The van der Waals surface area contributed by atoms with E-state index in [9.17, 15) is 0 Å². The lowest BCUT2D eigenvalue weighted by atomic mass is 10.3. The van der Waals surface area contributed by atoms with Crippen LogP contribution in [0.25, 0.3) is 11.4 Å². The summed E-state index contributed by atoms with van der Waals surface area (Å²) in [5.41, 5.74) is 6.15. The van der Waals surface area contributed by atoms with Gasteiger partial charge in [-0.15, -0.1) is 0 Å². The van der Waals surface area contributed by atoms with Crippen molar-refractivity contribution in [1.29, 1.82) is 0 Å². The second-order valence-electron chi connectivity index (χ2n) is 2.54. The van der Waals surface area contributed by atoms with E-state index in [0.717, 1.165) is 5.56 Å². The van der Waals surface area contributed by atoms with Crippen molar-refractivity contribution in [2.24, 2.45) is 5.73 Å². The molecule has 3 N–H and O–H groups in total. The number of nitrogens with zero attached hydrogens (tertiary/aromatic N) is 3. The van der Waals surface area contributed by atoms with Crippen LogP contribution in [0.3, 0.4) is 0 Å². The molecule has 13 heavy (non-hydrogen) atoms. The monoisotopic (exact) mass is 179 g/mol. The second-order valence-corrected chi connectivity index (χ2v) is 2.54. The maximum atomic E-state index is 5.34. The van der Waals surface area contributed by atoms with Gasteiger partial charge in [-0.2, -0.15) is 10.1 Å². The van der Waals surface area contributed by atoms with Crippen molar-refractivity contribution < 1.29 is 4.52 Å². The standard InChI is InChI=1S/C7H9N5O/c8-2-1-6-11-7(12-13-6)5-3-9-10-4-5/h3-4H,1-2,8H2,(H,9,10). The third kappa shape index (κ3) is 1.57. The number of rotatable bonds is 3. The largest absolute Gasteiger partial charge is 0.339 e. The summed E-state index contributed by atoms with van der Waals surface area (Å²) < 4.78 is 4.95. The van der Waals surface area contributed by atoms with Crippen molar-refractivity contribution in [2.45, 2.75) is 6.42 Å². The summed E-state index contributed by atoms with van der Waals surface area (Å²) in [7, 11) is 0. The van der Waals surface area contributed by atoms with Crippen LogP contribution < -0.4 is 5.73 Å². The first-order chi connectivity index (χ1) is 6.40. The Hall–Kier alpha value is -1.69. The number of nitrogens with two attached hydrogens (primary N) is 1. The molecule has 0 spiro atoms. The van der Waals surface area contributed by atoms with Crippen molar-refractivity contribution in [3.05, 3.63) is 18.3 Å². The van der Waals surface area contributed by atoms with Crippen LogP contribution in [-0.4, -0.2) is 26.9 Å². The molecule has 68 valence electrons. The van der Waals surface area contributed by atoms with Crippen molar-refractivity contribution in [2.75, 3.05) is 6.54 Å². The summed E-state index contributed by atoms with van der Waals surface area (Å²) in [5.74, 6) is 1.09. The summed E-state index contributed by atoms with van der Waals surface area (Å²) in [6.07, 6.45) is 3.94. The van der Waals surface area contributed by atoms with Gasteiger partial charge in [0.25, 0.3) is 0 Å². The molecule has 0 unspecified atom stereocenters. The number of aromatic amines is 1. The summed E-state index contributed by atoms with van der Waals surface area (Å²) in [6.45, 7) is 0.507. The van der Waals surface area contributed by atoms with Gasteiger partial charge in [-0.3, -0.25) is 5.10 Å². The Kier molecular flexibility index (Phi) is 2.05. The minimum absolute atomic E-state index is 0.507. The molecule has 0 saturated heterocycles. The van der Waals surface area contributed by atoms with E-state index in [4.69, 9.17) is 10.3 Å². The van der Waals surface area contributed by atoms with Gasteiger partial charge in [-0.05, 0) is 0 Å². The molecule has 0 radical (unpaired) electrons. The van der Waals surface area contributed by atoms with Crippen LogP contribution in [0.15, 0.2) is 16.9 Å². The minimum Gasteiger partial charge on any atom is -0.339 e. The number of H-pyrrole nitrogens is 1. The number of hydrogen-bond acceptors (Lipinski definition) is 5. The Morgan fingerprint density at radius 2 is 2.46 bits per heavy atom. The predicted molar refractivity (Wildman–Crippen MR) is 44.6 cm³/mol. The van der Waals surface area contributed by atoms with Crippen LogP contribution in [-0.2, 0) is 6.42 Å². The molecule has 2 aromatic rings. The van der Waals surface area contributed by atoms with Gasteiger partial charge in [0.2, 0.25) is 11.7 Å². The smallest absolute Gasteiger partial charge is 0.228 e. The molecule has 0 aliphatic carbocycles. The first-order valence-electron chi connectivity index (χ1n) is 3.92. The summed E-state index contributed by atoms with van der Waals surface area (Å²) in [5, 5.41) is 10.2. The first kappa shape index (κ1) is 7.93. The molecule has 0 amide bonds. The molecule has 2 heterocycles. The molecule has 6 nitrogen and oxygen atoms in total. The predicted octanol–water partition coefficient (Wildman–Crippen LogP) is -0.0391. The van der Waals surface area contributed by atoms with E-state index in [0.29, 0.717) is 24.7 Å². The zero-order chi connectivity index (χ0) is 9.10. The van der Waals surface area contributed by atoms with Gasteiger partial charge in [0, 0.05) is 19.2 Å².